The number of isocyanates is 1. The fourth-order valence-electron chi connectivity index (χ4n) is 1.78. The zero-order valence-corrected chi connectivity index (χ0v) is 11.0. The molecule has 0 saturated carbocycles. The van der Waals surface area contributed by atoms with Gasteiger partial charge < -0.3 is 9.47 Å². The Morgan fingerprint density at radius 2 is 2.24 bits per heavy atom. The zero-order chi connectivity index (χ0) is 12.3. The minimum Gasteiger partial charge on any atom is -0.490 e. The first-order valence-electron chi connectivity index (χ1n) is 5.35. The van der Waals surface area contributed by atoms with Gasteiger partial charge in [-0.15, -0.1) is 0 Å². The number of halogens is 1. The van der Waals surface area contributed by atoms with Gasteiger partial charge in [-0.05, 0) is 18.6 Å². The topological polar surface area (TPSA) is 47.9 Å². The van der Waals surface area contributed by atoms with Gasteiger partial charge in [-0.2, -0.15) is 0 Å². The van der Waals surface area contributed by atoms with Crippen LogP contribution in [0.3, 0.4) is 0 Å². The van der Waals surface area contributed by atoms with Crippen LogP contribution in [0.2, 0.25) is 0 Å². The van der Waals surface area contributed by atoms with Gasteiger partial charge in [0.1, 0.15) is 0 Å². The molecule has 0 amide bonds. The molecule has 5 heteroatoms. The van der Waals surface area contributed by atoms with E-state index in [1.54, 1.807) is 6.08 Å². The van der Waals surface area contributed by atoms with Crippen LogP contribution in [0.4, 0.5) is 0 Å². The molecule has 90 valence electrons. The molecule has 0 bridgehead atoms. The molecule has 0 N–H and O–H groups in total. The van der Waals surface area contributed by atoms with Crippen LogP contribution in [0.15, 0.2) is 15.5 Å². The van der Waals surface area contributed by atoms with Gasteiger partial charge in [-0.25, -0.2) is 9.79 Å². The lowest BCUT2D eigenvalue weighted by Gasteiger charge is -2.14. The third-order valence-corrected chi connectivity index (χ3v) is 3.37. The average molecular weight is 298 g/mol. The first kappa shape index (κ1) is 12.1. The van der Waals surface area contributed by atoms with Crippen molar-refractivity contribution in [3.63, 3.8) is 0 Å². The molecule has 1 aliphatic rings. The van der Waals surface area contributed by atoms with Gasteiger partial charge in [0.25, 0.3) is 0 Å². The van der Waals surface area contributed by atoms with E-state index in [4.69, 9.17) is 9.47 Å². The number of fused-ring (bicyclic) bond motifs is 1. The van der Waals surface area contributed by atoms with Gasteiger partial charge in [-0.3, -0.25) is 0 Å². The molecule has 1 aliphatic heterocycles. The van der Waals surface area contributed by atoms with Crippen LogP contribution in [0.5, 0.6) is 11.5 Å². The van der Waals surface area contributed by atoms with Crippen LogP contribution < -0.4 is 9.47 Å². The number of benzene rings is 1. The Labute approximate surface area is 108 Å². The van der Waals surface area contributed by atoms with Crippen molar-refractivity contribution in [1.29, 1.82) is 0 Å². The second-order valence-corrected chi connectivity index (χ2v) is 4.60. The molecular weight excluding hydrogens is 286 g/mol. The fourth-order valence-corrected chi connectivity index (χ4v) is 2.41. The largest absolute Gasteiger partial charge is 0.490 e. The summed E-state index contributed by atoms with van der Waals surface area (Å²) in [6, 6.07) is 1.86. The summed E-state index contributed by atoms with van der Waals surface area (Å²) in [7, 11) is 0. The molecule has 0 radical (unpaired) electrons. The molecular formula is C12H12BrNO3. The normalized spacial score (nSPS) is 13.8. The highest BCUT2D eigenvalue weighted by atomic mass is 79.9. The lowest BCUT2D eigenvalue weighted by molar-refractivity contribution is 0.296. The van der Waals surface area contributed by atoms with E-state index >= 15 is 0 Å². The predicted octanol–water partition coefficient (Wildman–Crippen LogP) is 2.75. The van der Waals surface area contributed by atoms with Crippen LogP contribution in [0, 0.1) is 6.92 Å². The van der Waals surface area contributed by atoms with E-state index in [1.807, 2.05) is 13.0 Å². The van der Waals surface area contributed by atoms with Crippen molar-refractivity contribution in [3.8, 4) is 11.5 Å². The summed E-state index contributed by atoms with van der Waals surface area (Å²) in [5.74, 6) is 1.49. The summed E-state index contributed by atoms with van der Waals surface area (Å²) in [6.07, 6.45) is 2.41. The molecule has 2 rings (SSSR count). The Balaban J connectivity index is 2.48. The summed E-state index contributed by atoms with van der Waals surface area (Å²) in [5, 5.41) is 0. The van der Waals surface area contributed by atoms with Crippen molar-refractivity contribution in [2.45, 2.75) is 19.9 Å². The van der Waals surface area contributed by atoms with E-state index in [2.05, 4.69) is 20.9 Å². The van der Waals surface area contributed by atoms with Gasteiger partial charge in [0.05, 0.1) is 19.8 Å². The van der Waals surface area contributed by atoms with E-state index in [9.17, 15) is 4.79 Å². The monoisotopic (exact) mass is 297 g/mol. The van der Waals surface area contributed by atoms with E-state index < -0.39 is 0 Å². The quantitative estimate of drug-likeness (QED) is 0.623. The molecule has 17 heavy (non-hydrogen) atoms. The average Bonchev–Trinajstić information content (AvgIpc) is 2.54. The number of carbonyl (C=O) groups excluding carboxylic acids is 1. The third-order valence-electron chi connectivity index (χ3n) is 2.66. The molecule has 0 unspecified atom stereocenters. The minimum atomic E-state index is 0.298. The second kappa shape index (κ2) is 5.34. The highest BCUT2D eigenvalue weighted by Gasteiger charge is 2.18. The number of hydrogen-bond donors (Lipinski definition) is 0. The smallest absolute Gasteiger partial charge is 0.235 e. The van der Waals surface area contributed by atoms with E-state index in [-0.39, 0.29) is 0 Å². The lowest BCUT2D eigenvalue weighted by Crippen LogP contribution is -1.99. The molecule has 1 aromatic rings. The van der Waals surface area contributed by atoms with E-state index in [0.717, 1.165) is 33.5 Å². The van der Waals surface area contributed by atoms with Gasteiger partial charge in [0.2, 0.25) is 6.08 Å². The van der Waals surface area contributed by atoms with E-state index in [1.165, 1.54) is 0 Å². The number of hydrogen-bond acceptors (Lipinski definition) is 4. The van der Waals surface area contributed by atoms with Crippen LogP contribution in [0.25, 0.3) is 0 Å². The first-order chi connectivity index (χ1) is 8.24. The molecule has 1 aromatic carbocycles. The summed E-state index contributed by atoms with van der Waals surface area (Å²) in [5.41, 5.74) is 1.88. The standard InChI is InChI=1S/C12H12BrNO3/c1-8-9(6-14-7-15)10(13)5-11-12(8)17-4-2-3-16-11/h5H,2-4,6H2,1H3. The number of aliphatic imine (C=N–C) groups is 1. The lowest BCUT2D eigenvalue weighted by atomic mass is 10.1. The summed E-state index contributed by atoms with van der Waals surface area (Å²) >= 11 is 3.46. The minimum absolute atomic E-state index is 0.298. The van der Waals surface area contributed by atoms with Crippen LogP contribution in [-0.2, 0) is 11.3 Å². The molecule has 1 heterocycles. The molecule has 4 nitrogen and oxygen atoms in total. The van der Waals surface area contributed by atoms with Crippen LogP contribution >= 0.6 is 15.9 Å². The van der Waals surface area contributed by atoms with Gasteiger partial charge in [0, 0.05) is 16.5 Å². The molecule has 0 spiro atoms. The Kier molecular flexibility index (Phi) is 3.82. The van der Waals surface area contributed by atoms with Crippen molar-refractivity contribution in [2.75, 3.05) is 13.2 Å². The highest BCUT2D eigenvalue weighted by molar-refractivity contribution is 9.10. The maximum atomic E-state index is 10.2. The van der Waals surface area contributed by atoms with E-state index in [0.29, 0.717) is 19.8 Å². The van der Waals surface area contributed by atoms with Gasteiger partial charge in [-0.1, -0.05) is 15.9 Å². The third kappa shape index (κ3) is 2.51. The van der Waals surface area contributed by atoms with Crippen molar-refractivity contribution in [2.24, 2.45) is 4.99 Å². The van der Waals surface area contributed by atoms with Crippen LogP contribution in [0.1, 0.15) is 17.5 Å². The van der Waals surface area contributed by atoms with Crippen LogP contribution in [-0.4, -0.2) is 19.3 Å². The fraction of sp³-hybridized carbons (Fsp3) is 0.417. The second-order valence-electron chi connectivity index (χ2n) is 3.75. The molecule has 0 aliphatic carbocycles. The first-order valence-corrected chi connectivity index (χ1v) is 6.14. The molecule has 0 atom stereocenters. The number of rotatable bonds is 2. The Hall–Kier alpha value is -1.32. The Bertz CT molecular complexity index is 481. The van der Waals surface area contributed by atoms with Crippen molar-refractivity contribution in [1.82, 2.24) is 0 Å². The predicted molar refractivity (Wildman–Crippen MR) is 66.3 cm³/mol. The maximum Gasteiger partial charge on any atom is 0.235 e. The number of ether oxygens (including phenoxy) is 2. The zero-order valence-electron chi connectivity index (χ0n) is 9.46. The van der Waals surface area contributed by atoms with Gasteiger partial charge >= 0.3 is 0 Å². The summed E-state index contributed by atoms with van der Waals surface area (Å²) in [6.45, 7) is 3.54. The highest BCUT2D eigenvalue weighted by Crippen LogP contribution is 2.39. The van der Waals surface area contributed by atoms with Crippen molar-refractivity contribution >= 4 is 22.0 Å². The molecule has 0 aromatic heterocycles. The number of nitrogens with zero attached hydrogens (tertiary/aromatic N) is 1. The summed E-state index contributed by atoms with van der Waals surface area (Å²) < 4.78 is 12.1. The SMILES string of the molecule is Cc1c(CN=C=O)c(Br)cc2c1OCCCO2. The van der Waals surface area contributed by atoms with Crippen molar-refractivity contribution < 1.29 is 14.3 Å². The Morgan fingerprint density at radius 1 is 1.47 bits per heavy atom. The molecule has 0 saturated heterocycles. The molecule has 0 fully saturated rings. The van der Waals surface area contributed by atoms with Gasteiger partial charge in [0.15, 0.2) is 11.5 Å². The van der Waals surface area contributed by atoms with Crippen molar-refractivity contribution in [3.05, 3.63) is 21.7 Å². The Morgan fingerprint density at radius 3 is 3.00 bits per heavy atom. The maximum absolute atomic E-state index is 10.2. The summed E-state index contributed by atoms with van der Waals surface area (Å²) in [4.78, 5) is 13.8.